The highest BCUT2D eigenvalue weighted by Crippen LogP contribution is 2.37. The number of rotatable bonds is 8. The van der Waals surface area contributed by atoms with Crippen LogP contribution in [-0.2, 0) is 12.7 Å². The predicted octanol–water partition coefficient (Wildman–Crippen LogP) is 4.63. The molecule has 0 atom stereocenters. The summed E-state index contributed by atoms with van der Waals surface area (Å²) in [6.45, 7) is 1.68. The Morgan fingerprint density at radius 1 is 0.969 bits per heavy atom. The van der Waals surface area contributed by atoms with Crippen LogP contribution >= 0.6 is 0 Å². The van der Waals surface area contributed by atoms with Gasteiger partial charge in [0.25, 0.3) is 0 Å². The molecule has 6 nitrogen and oxygen atoms in total. The molecule has 0 aliphatic heterocycles. The van der Waals surface area contributed by atoms with Crippen LogP contribution in [0.15, 0.2) is 53.3 Å². The number of halogens is 3. The minimum absolute atomic E-state index is 0.0476. The minimum atomic E-state index is -4.46. The van der Waals surface area contributed by atoms with Gasteiger partial charge in [-0.1, -0.05) is 12.1 Å². The molecule has 4 N–H and O–H groups in total. The van der Waals surface area contributed by atoms with Crippen molar-refractivity contribution in [2.45, 2.75) is 19.1 Å². The first kappa shape index (κ1) is 21.8. The summed E-state index contributed by atoms with van der Waals surface area (Å²) in [6, 6.07) is 12.9. The van der Waals surface area contributed by atoms with Gasteiger partial charge < -0.3 is 25.3 Å². The molecule has 0 fully saturated rings. The van der Waals surface area contributed by atoms with E-state index < -0.39 is 11.7 Å². The number of ether oxygens (including phenoxy) is 1. The van der Waals surface area contributed by atoms with Crippen LogP contribution in [0.25, 0.3) is 21.8 Å². The molecule has 0 aliphatic rings. The zero-order valence-electron chi connectivity index (χ0n) is 17.4. The van der Waals surface area contributed by atoms with Crippen LogP contribution in [0.3, 0.4) is 0 Å². The van der Waals surface area contributed by atoms with E-state index in [0.717, 1.165) is 18.0 Å². The summed E-state index contributed by atoms with van der Waals surface area (Å²) < 4.78 is 45.1. The van der Waals surface area contributed by atoms with Crippen molar-refractivity contribution in [3.05, 3.63) is 70.0 Å². The molecule has 0 bridgehead atoms. The highest BCUT2D eigenvalue weighted by Gasteiger charge is 2.33. The monoisotopic (exact) mass is 444 g/mol. The van der Waals surface area contributed by atoms with Gasteiger partial charge in [0.1, 0.15) is 11.6 Å². The maximum Gasteiger partial charge on any atom is 0.417 e. The lowest BCUT2D eigenvalue weighted by atomic mass is 10.1. The number of para-hydroxylation sites is 1. The molecule has 0 unspecified atom stereocenters. The fourth-order valence-electron chi connectivity index (χ4n) is 3.67. The average molecular weight is 444 g/mol. The first-order valence-corrected chi connectivity index (χ1v) is 10.2. The maximum atomic E-state index is 13.4. The van der Waals surface area contributed by atoms with E-state index in [4.69, 9.17) is 4.74 Å². The highest BCUT2D eigenvalue weighted by atomic mass is 19.4. The molecule has 168 valence electrons. The Bertz CT molecular complexity index is 1290. The van der Waals surface area contributed by atoms with E-state index in [1.807, 2.05) is 18.2 Å². The standard InChI is InChI=1S/C23H23F3N4O2/c1-32-15-10-18(23(24,25)26)17-9-14(29-20(17)11-15)13-27-7-4-8-28-22-12-21(31)16-5-2-3-6-19(16)30-22/h2-3,5-6,9-12,27,29H,4,7-8,13H2,1H3,(H2,28,30,31). The summed E-state index contributed by atoms with van der Waals surface area (Å²) in [7, 11) is 1.34. The van der Waals surface area contributed by atoms with Gasteiger partial charge in [-0.15, -0.1) is 0 Å². The van der Waals surface area contributed by atoms with E-state index in [1.165, 1.54) is 19.2 Å². The van der Waals surface area contributed by atoms with Crippen LogP contribution in [0.2, 0.25) is 0 Å². The first-order valence-electron chi connectivity index (χ1n) is 10.2. The lowest BCUT2D eigenvalue weighted by Gasteiger charge is -2.10. The first-order chi connectivity index (χ1) is 15.3. The number of fused-ring (bicyclic) bond motifs is 2. The zero-order valence-corrected chi connectivity index (χ0v) is 17.4. The van der Waals surface area contributed by atoms with E-state index in [-0.39, 0.29) is 16.6 Å². The third-order valence-corrected chi connectivity index (χ3v) is 5.21. The molecule has 2 heterocycles. The van der Waals surface area contributed by atoms with Crippen LogP contribution in [0.1, 0.15) is 17.7 Å². The quantitative estimate of drug-likeness (QED) is 0.299. The van der Waals surface area contributed by atoms with Crippen molar-refractivity contribution in [3.63, 3.8) is 0 Å². The molecule has 0 spiro atoms. The van der Waals surface area contributed by atoms with E-state index in [0.29, 0.717) is 42.0 Å². The van der Waals surface area contributed by atoms with Crippen molar-refractivity contribution in [1.82, 2.24) is 15.3 Å². The van der Waals surface area contributed by atoms with Crippen LogP contribution in [0.5, 0.6) is 5.75 Å². The molecule has 32 heavy (non-hydrogen) atoms. The van der Waals surface area contributed by atoms with E-state index in [9.17, 15) is 18.0 Å². The fraction of sp³-hybridized carbons (Fsp3) is 0.261. The number of nitrogens with one attached hydrogen (secondary N) is 4. The third-order valence-electron chi connectivity index (χ3n) is 5.21. The Morgan fingerprint density at radius 2 is 1.78 bits per heavy atom. The molecule has 2 aromatic heterocycles. The molecule has 4 aromatic rings. The number of benzene rings is 2. The number of hydrogen-bond donors (Lipinski definition) is 4. The molecule has 4 rings (SSSR count). The van der Waals surface area contributed by atoms with Crippen LogP contribution in [-0.4, -0.2) is 30.2 Å². The second-order valence-corrected chi connectivity index (χ2v) is 7.48. The second-order valence-electron chi connectivity index (χ2n) is 7.48. The summed E-state index contributed by atoms with van der Waals surface area (Å²) in [5, 5.41) is 7.18. The van der Waals surface area contributed by atoms with Gasteiger partial charge in [0.05, 0.1) is 18.2 Å². The molecular weight excluding hydrogens is 421 g/mol. The lowest BCUT2D eigenvalue weighted by Crippen LogP contribution is -2.18. The third kappa shape index (κ3) is 4.72. The van der Waals surface area contributed by atoms with Crippen molar-refractivity contribution in [2.24, 2.45) is 0 Å². The van der Waals surface area contributed by atoms with Crippen molar-refractivity contribution >= 4 is 27.6 Å². The molecule has 0 saturated carbocycles. The van der Waals surface area contributed by atoms with Crippen molar-refractivity contribution in [2.75, 3.05) is 25.5 Å². The number of H-pyrrole nitrogens is 2. The Balaban J connectivity index is 1.32. The predicted molar refractivity (Wildman–Crippen MR) is 119 cm³/mol. The molecule has 0 radical (unpaired) electrons. The fourth-order valence-corrected chi connectivity index (χ4v) is 3.67. The number of anilines is 1. The second kappa shape index (κ2) is 8.96. The van der Waals surface area contributed by atoms with Gasteiger partial charge >= 0.3 is 6.18 Å². The Hall–Kier alpha value is -3.46. The number of aromatic amines is 2. The molecule has 2 aromatic carbocycles. The van der Waals surface area contributed by atoms with Crippen LogP contribution in [0, 0.1) is 0 Å². The average Bonchev–Trinajstić information content (AvgIpc) is 3.17. The summed E-state index contributed by atoms with van der Waals surface area (Å²) >= 11 is 0. The van der Waals surface area contributed by atoms with Gasteiger partial charge in [0.2, 0.25) is 0 Å². The molecule has 0 saturated heterocycles. The largest absolute Gasteiger partial charge is 0.497 e. The van der Waals surface area contributed by atoms with Crippen molar-refractivity contribution in [3.8, 4) is 5.75 Å². The maximum absolute atomic E-state index is 13.4. The topological polar surface area (TPSA) is 81.9 Å². The Morgan fingerprint density at radius 3 is 2.56 bits per heavy atom. The summed E-state index contributed by atoms with van der Waals surface area (Å²) in [5.74, 6) is 0.807. The number of pyridine rings is 1. The Kier molecular flexibility index (Phi) is 6.09. The molecular formula is C23H23F3N4O2. The van der Waals surface area contributed by atoms with Crippen molar-refractivity contribution < 1.29 is 17.9 Å². The van der Waals surface area contributed by atoms with Gasteiger partial charge in [0, 0.05) is 47.2 Å². The van der Waals surface area contributed by atoms with E-state index in [2.05, 4.69) is 20.6 Å². The molecule has 0 amide bonds. The van der Waals surface area contributed by atoms with Crippen LogP contribution < -0.4 is 20.8 Å². The van der Waals surface area contributed by atoms with Gasteiger partial charge in [0.15, 0.2) is 5.43 Å². The highest BCUT2D eigenvalue weighted by molar-refractivity contribution is 5.86. The van der Waals surface area contributed by atoms with Crippen molar-refractivity contribution in [1.29, 1.82) is 0 Å². The van der Waals surface area contributed by atoms with Gasteiger partial charge in [-0.2, -0.15) is 13.2 Å². The van der Waals surface area contributed by atoms with Gasteiger partial charge in [-0.3, -0.25) is 4.79 Å². The number of aromatic nitrogens is 2. The number of methoxy groups -OCH3 is 1. The summed E-state index contributed by atoms with van der Waals surface area (Å²) in [4.78, 5) is 18.4. The minimum Gasteiger partial charge on any atom is -0.497 e. The number of hydrogen-bond acceptors (Lipinski definition) is 4. The zero-order chi connectivity index (χ0) is 22.7. The lowest BCUT2D eigenvalue weighted by molar-refractivity contribution is -0.136. The summed E-state index contributed by atoms with van der Waals surface area (Å²) in [5.41, 5.74) is 1.05. The van der Waals surface area contributed by atoms with E-state index >= 15 is 0 Å². The normalized spacial score (nSPS) is 11.9. The smallest absolute Gasteiger partial charge is 0.417 e. The number of alkyl halides is 3. The van der Waals surface area contributed by atoms with Gasteiger partial charge in [-0.25, -0.2) is 0 Å². The summed E-state index contributed by atoms with van der Waals surface area (Å²) in [6.07, 6.45) is -3.70. The molecule has 9 heteroatoms. The van der Waals surface area contributed by atoms with Gasteiger partial charge in [-0.05, 0) is 37.2 Å². The van der Waals surface area contributed by atoms with Crippen LogP contribution in [0.4, 0.5) is 19.0 Å². The van der Waals surface area contributed by atoms with E-state index in [1.54, 1.807) is 12.1 Å². The SMILES string of the molecule is COc1cc(C(F)(F)F)c2cc(CNCCCNc3cc(=O)c4ccccc4[nH]3)[nH]c2c1. The molecule has 0 aliphatic carbocycles. The Labute approximate surface area is 181 Å².